The number of urea groups is 1. The molecule has 1 fully saturated rings. The molecule has 0 aliphatic carbocycles. The van der Waals surface area contributed by atoms with E-state index in [2.05, 4.69) is 5.32 Å². The summed E-state index contributed by atoms with van der Waals surface area (Å²) < 4.78 is 0. The lowest BCUT2D eigenvalue weighted by atomic mass is 10.0. The van der Waals surface area contributed by atoms with Crippen molar-refractivity contribution in [2.24, 2.45) is 5.92 Å². The lowest BCUT2D eigenvalue weighted by Crippen LogP contribution is -2.47. The Bertz CT molecular complexity index is 280. The summed E-state index contributed by atoms with van der Waals surface area (Å²) >= 11 is 1.95. The number of thioether (sulfide) groups is 1. The molecular weight excluding hydrogens is 240 g/mol. The van der Waals surface area contributed by atoms with Crippen LogP contribution in [0, 0.1) is 5.92 Å². The van der Waals surface area contributed by atoms with Gasteiger partial charge in [0.15, 0.2) is 0 Å². The summed E-state index contributed by atoms with van der Waals surface area (Å²) in [5.41, 5.74) is 0. The van der Waals surface area contributed by atoms with Crippen LogP contribution in [0.3, 0.4) is 0 Å². The zero-order valence-electron chi connectivity index (χ0n) is 10.3. The summed E-state index contributed by atoms with van der Waals surface area (Å²) in [5.74, 6) is 1.86. The number of carbonyl (C=O) groups is 2. The third-order valence-electron chi connectivity index (χ3n) is 3.14. The van der Waals surface area contributed by atoms with Crippen molar-refractivity contribution in [2.75, 3.05) is 25.1 Å². The zero-order chi connectivity index (χ0) is 12.8. The van der Waals surface area contributed by atoms with Crippen LogP contribution >= 0.6 is 11.8 Å². The Labute approximate surface area is 106 Å². The van der Waals surface area contributed by atoms with E-state index in [9.17, 15) is 9.59 Å². The molecule has 1 saturated heterocycles. The number of carboxylic acids is 1. The van der Waals surface area contributed by atoms with E-state index < -0.39 is 12.0 Å². The Morgan fingerprint density at radius 1 is 1.47 bits per heavy atom. The lowest BCUT2D eigenvalue weighted by molar-refractivity contribution is -0.141. The van der Waals surface area contributed by atoms with E-state index >= 15 is 0 Å². The van der Waals surface area contributed by atoms with Crippen molar-refractivity contribution in [3.05, 3.63) is 0 Å². The van der Waals surface area contributed by atoms with E-state index in [1.165, 1.54) is 18.9 Å². The SMILES string of the molecule is CC(C(=O)O)N(C)C(=O)NCC1CCSCC1. The molecule has 0 aromatic rings. The van der Waals surface area contributed by atoms with Crippen LogP contribution in [-0.4, -0.2) is 53.1 Å². The van der Waals surface area contributed by atoms with Gasteiger partial charge in [0.1, 0.15) is 6.04 Å². The Morgan fingerprint density at radius 2 is 2.06 bits per heavy atom. The molecule has 0 aromatic heterocycles. The van der Waals surface area contributed by atoms with Crippen LogP contribution in [0.1, 0.15) is 19.8 Å². The highest BCUT2D eigenvalue weighted by Gasteiger charge is 2.22. The molecule has 1 aliphatic rings. The number of hydrogen-bond acceptors (Lipinski definition) is 3. The van der Waals surface area contributed by atoms with Crippen LogP contribution < -0.4 is 5.32 Å². The average molecular weight is 260 g/mol. The van der Waals surface area contributed by atoms with E-state index in [0.29, 0.717) is 12.5 Å². The topological polar surface area (TPSA) is 69.6 Å². The molecular formula is C11H20N2O3S. The summed E-state index contributed by atoms with van der Waals surface area (Å²) in [6, 6.07) is -1.10. The molecule has 17 heavy (non-hydrogen) atoms. The maximum absolute atomic E-state index is 11.7. The smallest absolute Gasteiger partial charge is 0.326 e. The largest absolute Gasteiger partial charge is 0.480 e. The van der Waals surface area contributed by atoms with Gasteiger partial charge in [0.25, 0.3) is 0 Å². The van der Waals surface area contributed by atoms with E-state index in [0.717, 1.165) is 24.3 Å². The number of rotatable bonds is 4. The maximum Gasteiger partial charge on any atom is 0.326 e. The minimum absolute atomic E-state index is 0.307. The third kappa shape index (κ3) is 4.46. The number of carboxylic acid groups (broad SMARTS) is 1. The van der Waals surface area contributed by atoms with Gasteiger partial charge in [0.2, 0.25) is 0 Å². The molecule has 1 aliphatic heterocycles. The number of nitrogens with zero attached hydrogens (tertiary/aromatic N) is 1. The van der Waals surface area contributed by atoms with Gasteiger partial charge in [-0.15, -0.1) is 0 Å². The fourth-order valence-electron chi connectivity index (χ4n) is 1.65. The summed E-state index contributed by atoms with van der Waals surface area (Å²) in [5, 5.41) is 11.6. The Morgan fingerprint density at radius 3 is 2.59 bits per heavy atom. The van der Waals surface area contributed by atoms with Crippen molar-refractivity contribution >= 4 is 23.8 Å². The zero-order valence-corrected chi connectivity index (χ0v) is 11.1. The number of likely N-dealkylation sites (N-methyl/N-ethyl adjacent to an activating group) is 1. The summed E-state index contributed by atoms with van der Waals surface area (Å²) in [6.07, 6.45) is 2.26. The molecule has 0 saturated carbocycles. The second kappa shape index (κ2) is 6.74. The minimum atomic E-state index is -0.989. The highest BCUT2D eigenvalue weighted by molar-refractivity contribution is 7.99. The molecule has 0 aromatic carbocycles. The van der Waals surface area contributed by atoms with Crippen LogP contribution in [0.5, 0.6) is 0 Å². The van der Waals surface area contributed by atoms with Crippen molar-refractivity contribution in [3.8, 4) is 0 Å². The van der Waals surface area contributed by atoms with Gasteiger partial charge in [-0.1, -0.05) is 0 Å². The maximum atomic E-state index is 11.7. The summed E-state index contributed by atoms with van der Waals surface area (Å²) in [6.45, 7) is 2.15. The van der Waals surface area contributed by atoms with Gasteiger partial charge in [-0.2, -0.15) is 11.8 Å². The molecule has 98 valence electrons. The summed E-state index contributed by atoms with van der Waals surface area (Å²) in [7, 11) is 1.50. The number of aliphatic carboxylic acids is 1. The van der Waals surface area contributed by atoms with Crippen molar-refractivity contribution in [1.82, 2.24) is 10.2 Å². The molecule has 0 radical (unpaired) electrons. The number of hydrogen-bond donors (Lipinski definition) is 2. The van der Waals surface area contributed by atoms with Crippen molar-refractivity contribution in [2.45, 2.75) is 25.8 Å². The van der Waals surface area contributed by atoms with Gasteiger partial charge in [-0.05, 0) is 37.2 Å². The first kappa shape index (κ1) is 14.2. The first-order valence-electron chi connectivity index (χ1n) is 5.83. The van der Waals surface area contributed by atoms with E-state index in [1.54, 1.807) is 0 Å². The quantitative estimate of drug-likeness (QED) is 0.798. The molecule has 2 N–H and O–H groups in total. The predicted molar refractivity (Wildman–Crippen MR) is 68.3 cm³/mol. The second-order valence-electron chi connectivity index (χ2n) is 4.37. The van der Waals surface area contributed by atoms with Crippen LogP contribution in [0.25, 0.3) is 0 Å². The van der Waals surface area contributed by atoms with Gasteiger partial charge in [0.05, 0.1) is 0 Å². The van der Waals surface area contributed by atoms with E-state index in [-0.39, 0.29) is 6.03 Å². The molecule has 0 bridgehead atoms. The van der Waals surface area contributed by atoms with Crippen LogP contribution in [-0.2, 0) is 4.79 Å². The van der Waals surface area contributed by atoms with Crippen molar-refractivity contribution in [1.29, 1.82) is 0 Å². The first-order valence-corrected chi connectivity index (χ1v) is 6.99. The van der Waals surface area contributed by atoms with Gasteiger partial charge in [0, 0.05) is 13.6 Å². The molecule has 1 heterocycles. The molecule has 2 amide bonds. The molecule has 0 spiro atoms. The monoisotopic (exact) mass is 260 g/mol. The van der Waals surface area contributed by atoms with Gasteiger partial charge < -0.3 is 15.3 Å². The summed E-state index contributed by atoms with van der Waals surface area (Å²) in [4.78, 5) is 23.6. The Balaban J connectivity index is 2.30. The fourth-order valence-corrected chi connectivity index (χ4v) is 2.85. The Hall–Kier alpha value is -0.910. The van der Waals surface area contributed by atoms with Gasteiger partial charge >= 0.3 is 12.0 Å². The average Bonchev–Trinajstić information content (AvgIpc) is 2.35. The van der Waals surface area contributed by atoms with Crippen LogP contribution in [0.2, 0.25) is 0 Å². The number of nitrogens with one attached hydrogen (secondary N) is 1. The van der Waals surface area contributed by atoms with E-state index in [4.69, 9.17) is 5.11 Å². The lowest BCUT2D eigenvalue weighted by Gasteiger charge is -2.25. The second-order valence-corrected chi connectivity index (χ2v) is 5.59. The van der Waals surface area contributed by atoms with Gasteiger partial charge in [-0.3, -0.25) is 0 Å². The van der Waals surface area contributed by atoms with E-state index in [1.807, 2.05) is 11.8 Å². The predicted octanol–water partition coefficient (Wildman–Crippen LogP) is 1.24. The van der Waals surface area contributed by atoms with Crippen LogP contribution in [0.15, 0.2) is 0 Å². The molecule has 1 unspecified atom stereocenters. The highest BCUT2D eigenvalue weighted by Crippen LogP contribution is 2.21. The number of amides is 2. The van der Waals surface area contributed by atoms with Crippen molar-refractivity contribution < 1.29 is 14.7 Å². The molecule has 1 rings (SSSR count). The minimum Gasteiger partial charge on any atom is -0.480 e. The number of carbonyl (C=O) groups excluding carboxylic acids is 1. The fraction of sp³-hybridized carbons (Fsp3) is 0.818. The first-order chi connectivity index (χ1) is 8.02. The Kier molecular flexibility index (Phi) is 5.61. The van der Waals surface area contributed by atoms with Crippen molar-refractivity contribution in [3.63, 3.8) is 0 Å². The molecule has 6 heteroatoms. The molecule has 1 atom stereocenters. The molecule has 5 nitrogen and oxygen atoms in total. The highest BCUT2D eigenvalue weighted by atomic mass is 32.2. The normalized spacial score (nSPS) is 18.5. The standard InChI is InChI=1S/C11H20N2O3S/c1-8(10(14)15)13(2)11(16)12-7-9-3-5-17-6-4-9/h8-9H,3-7H2,1-2H3,(H,12,16)(H,14,15). The van der Waals surface area contributed by atoms with Gasteiger partial charge in [-0.25, -0.2) is 9.59 Å². The third-order valence-corrected chi connectivity index (χ3v) is 4.19. The van der Waals surface area contributed by atoms with Crippen LogP contribution in [0.4, 0.5) is 4.79 Å².